The van der Waals surface area contributed by atoms with Gasteiger partial charge in [0.2, 0.25) is 0 Å². The molecule has 1 saturated carbocycles. The van der Waals surface area contributed by atoms with Crippen LogP contribution in [-0.4, -0.2) is 24.5 Å². The normalized spacial score (nSPS) is 22.0. The summed E-state index contributed by atoms with van der Waals surface area (Å²) in [5, 5.41) is 8.85. The van der Waals surface area contributed by atoms with Gasteiger partial charge >= 0.3 is 0 Å². The van der Waals surface area contributed by atoms with Gasteiger partial charge in [0.05, 0.1) is 6.07 Å². The van der Waals surface area contributed by atoms with Crippen molar-refractivity contribution in [3.8, 4) is 6.07 Å². The second-order valence-electron chi connectivity index (χ2n) is 6.44. The lowest BCUT2D eigenvalue weighted by molar-refractivity contribution is -0.0667. The summed E-state index contributed by atoms with van der Waals surface area (Å²) in [7, 11) is 0. The van der Waals surface area contributed by atoms with Gasteiger partial charge in [-0.15, -0.1) is 0 Å². The highest BCUT2D eigenvalue weighted by Gasteiger charge is 2.51. The standard InChI is InChI=1S/C19H22N2/c1-2-16(13-20)7-6-10-21-14-19(15-21)11-18(12-19)17-8-4-3-5-9-17/h2-9,18H,10-12,14-15H2,1H3/b7-6-,16-2+. The summed E-state index contributed by atoms with van der Waals surface area (Å²) in [6, 6.07) is 13.1. The Morgan fingerprint density at radius 2 is 2.05 bits per heavy atom. The van der Waals surface area contributed by atoms with Gasteiger partial charge in [-0.1, -0.05) is 42.5 Å². The first-order chi connectivity index (χ1) is 10.2. The van der Waals surface area contributed by atoms with Crippen LogP contribution in [0.15, 0.2) is 54.1 Å². The second-order valence-corrected chi connectivity index (χ2v) is 6.44. The molecule has 2 nitrogen and oxygen atoms in total. The monoisotopic (exact) mass is 278 g/mol. The van der Waals surface area contributed by atoms with Crippen LogP contribution in [0.2, 0.25) is 0 Å². The summed E-state index contributed by atoms with van der Waals surface area (Å²) in [6.07, 6.45) is 8.58. The van der Waals surface area contributed by atoms with Crippen LogP contribution in [0.5, 0.6) is 0 Å². The van der Waals surface area contributed by atoms with E-state index in [1.165, 1.54) is 31.5 Å². The van der Waals surface area contributed by atoms with Gasteiger partial charge in [0.25, 0.3) is 0 Å². The van der Waals surface area contributed by atoms with E-state index in [4.69, 9.17) is 5.26 Å². The van der Waals surface area contributed by atoms with Crippen LogP contribution >= 0.6 is 0 Å². The SMILES string of the molecule is C/C=C(C#N)\C=C/CN1CC2(CC(c3ccccc3)C2)C1. The maximum absolute atomic E-state index is 8.85. The molecule has 21 heavy (non-hydrogen) atoms. The molecule has 2 heteroatoms. The third-order valence-electron chi connectivity index (χ3n) is 4.85. The lowest BCUT2D eigenvalue weighted by Crippen LogP contribution is -2.61. The zero-order valence-electron chi connectivity index (χ0n) is 12.6. The maximum Gasteiger partial charge on any atom is 0.0987 e. The summed E-state index contributed by atoms with van der Waals surface area (Å²) >= 11 is 0. The molecule has 0 amide bonds. The molecule has 2 fully saturated rings. The average Bonchev–Trinajstić information content (AvgIpc) is 2.44. The molecule has 1 aliphatic carbocycles. The zero-order chi connectivity index (χ0) is 14.7. The highest BCUT2D eigenvalue weighted by Crippen LogP contribution is 2.55. The minimum atomic E-state index is 0.590. The highest BCUT2D eigenvalue weighted by atomic mass is 15.2. The Hall–Kier alpha value is -1.85. The smallest absolute Gasteiger partial charge is 0.0987 e. The van der Waals surface area contributed by atoms with Crippen LogP contribution in [0.1, 0.15) is 31.2 Å². The zero-order valence-corrected chi connectivity index (χ0v) is 12.6. The number of rotatable bonds is 4. The van der Waals surface area contributed by atoms with Crippen LogP contribution in [0.4, 0.5) is 0 Å². The molecule has 2 aliphatic rings. The first kappa shape index (κ1) is 14.1. The summed E-state index contributed by atoms with van der Waals surface area (Å²) in [5.41, 5.74) is 2.85. The molecule has 0 atom stereocenters. The molecule has 0 unspecified atom stereocenters. The number of benzene rings is 1. The van der Waals surface area contributed by atoms with Crippen molar-refractivity contribution in [3.05, 3.63) is 59.7 Å². The van der Waals surface area contributed by atoms with Crippen molar-refractivity contribution in [2.75, 3.05) is 19.6 Å². The number of hydrogen-bond donors (Lipinski definition) is 0. The van der Waals surface area contributed by atoms with E-state index >= 15 is 0 Å². The first-order valence-electron chi connectivity index (χ1n) is 7.75. The number of allylic oxidation sites excluding steroid dienone is 3. The Morgan fingerprint density at radius 3 is 2.67 bits per heavy atom. The van der Waals surface area contributed by atoms with E-state index in [0.717, 1.165) is 18.0 Å². The van der Waals surface area contributed by atoms with E-state index in [-0.39, 0.29) is 0 Å². The molecule has 1 spiro atoms. The van der Waals surface area contributed by atoms with E-state index in [1.54, 1.807) is 0 Å². The highest BCUT2D eigenvalue weighted by molar-refractivity contribution is 5.32. The summed E-state index contributed by atoms with van der Waals surface area (Å²) in [5.74, 6) is 0.775. The number of likely N-dealkylation sites (tertiary alicyclic amines) is 1. The van der Waals surface area contributed by atoms with E-state index in [2.05, 4.69) is 47.4 Å². The van der Waals surface area contributed by atoms with Gasteiger partial charge in [0.1, 0.15) is 0 Å². The second kappa shape index (κ2) is 5.87. The van der Waals surface area contributed by atoms with Gasteiger partial charge in [-0.25, -0.2) is 0 Å². The first-order valence-corrected chi connectivity index (χ1v) is 7.75. The lowest BCUT2D eigenvalue weighted by Gasteiger charge is -2.59. The Balaban J connectivity index is 1.43. The Bertz CT molecular complexity index is 578. The molecule has 3 rings (SSSR count). The van der Waals surface area contributed by atoms with E-state index < -0.39 is 0 Å². The molecule has 108 valence electrons. The molecule has 1 aliphatic heterocycles. The quantitative estimate of drug-likeness (QED) is 0.617. The Kier molecular flexibility index (Phi) is 3.94. The predicted molar refractivity (Wildman–Crippen MR) is 85.8 cm³/mol. The average molecular weight is 278 g/mol. The third kappa shape index (κ3) is 2.94. The summed E-state index contributed by atoms with van der Waals surface area (Å²) in [4.78, 5) is 2.47. The van der Waals surface area contributed by atoms with Crippen molar-refractivity contribution >= 4 is 0 Å². The fraction of sp³-hybridized carbons (Fsp3) is 0.421. The van der Waals surface area contributed by atoms with Crippen LogP contribution in [0, 0.1) is 16.7 Å². The van der Waals surface area contributed by atoms with Gasteiger partial charge in [-0.2, -0.15) is 5.26 Å². The minimum Gasteiger partial charge on any atom is -0.298 e. The number of nitriles is 1. The van der Waals surface area contributed by atoms with Crippen molar-refractivity contribution in [2.45, 2.75) is 25.7 Å². The molecule has 0 radical (unpaired) electrons. The number of nitrogens with zero attached hydrogens (tertiary/aromatic N) is 2. The minimum absolute atomic E-state index is 0.590. The molecule has 1 heterocycles. The summed E-state index contributed by atoms with van der Waals surface area (Å²) in [6.45, 7) is 5.31. The predicted octanol–water partition coefficient (Wildman–Crippen LogP) is 3.89. The Morgan fingerprint density at radius 1 is 1.33 bits per heavy atom. The fourth-order valence-electron chi connectivity index (χ4n) is 3.76. The van der Waals surface area contributed by atoms with Crippen molar-refractivity contribution in [3.63, 3.8) is 0 Å². The summed E-state index contributed by atoms with van der Waals surface area (Å²) < 4.78 is 0. The van der Waals surface area contributed by atoms with Crippen LogP contribution in [0.25, 0.3) is 0 Å². The van der Waals surface area contributed by atoms with Gasteiger partial charge in [0, 0.05) is 25.2 Å². The molecular formula is C19H22N2. The van der Waals surface area contributed by atoms with Crippen molar-refractivity contribution < 1.29 is 0 Å². The van der Waals surface area contributed by atoms with E-state index in [0.29, 0.717) is 5.41 Å². The van der Waals surface area contributed by atoms with Crippen molar-refractivity contribution in [2.24, 2.45) is 5.41 Å². The maximum atomic E-state index is 8.85. The van der Waals surface area contributed by atoms with E-state index in [9.17, 15) is 0 Å². The van der Waals surface area contributed by atoms with Crippen LogP contribution in [0.3, 0.4) is 0 Å². The Labute approximate surface area is 127 Å². The lowest BCUT2D eigenvalue weighted by atomic mass is 9.56. The molecular weight excluding hydrogens is 256 g/mol. The van der Waals surface area contributed by atoms with Crippen molar-refractivity contribution in [1.82, 2.24) is 4.90 Å². The molecule has 0 bridgehead atoms. The van der Waals surface area contributed by atoms with Gasteiger partial charge < -0.3 is 0 Å². The fourth-order valence-corrected chi connectivity index (χ4v) is 3.76. The molecule has 1 aromatic rings. The molecule has 1 saturated heterocycles. The van der Waals surface area contributed by atoms with E-state index in [1.807, 2.05) is 19.1 Å². The third-order valence-corrected chi connectivity index (χ3v) is 4.85. The molecule has 0 aromatic heterocycles. The largest absolute Gasteiger partial charge is 0.298 e. The number of hydrogen-bond acceptors (Lipinski definition) is 2. The van der Waals surface area contributed by atoms with Gasteiger partial charge in [0.15, 0.2) is 0 Å². The van der Waals surface area contributed by atoms with Gasteiger partial charge in [-0.3, -0.25) is 4.90 Å². The molecule has 0 N–H and O–H groups in total. The van der Waals surface area contributed by atoms with Crippen LogP contribution < -0.4 is 0 Å². The molecule has 1 aromatic carbocycles. The van der Waals surface area contributed by atoms with Gasteiger partial charge in [-0.05, 0) is 42.7 Å². The topological polar surface area (TPSA) is 27.0 Å². The van der Waals surface area contributed by atoms with Crippen LogP contribution in [-0.2, 0) is 0 Å². The van der Waals surface area contributed by atoms with Crippen molar-refractivity contribution in [1.29, 1.82) is 5.26 Å².